The Morgan fingerprint density at radius 1 is 1.33 bits per heavy atom. The van der Waals surface area contributed by atoms with Gasteiger partial charge >= 0.3 is 5.97 Å². The van der Waals surface area contributed by atoms with Gasteiger partial charge in [0.15, 0.2) is 0 Å². The van der Waals surface area contributed by atoms with E-state index in [-0.39, 0.29) is 17.1 Å². The molecule has 2 aliphatic carbocycles. The molecule has 0 radical (unpaired) electrons. The number of carboxylic acid groups (broad SMARTS) is 1. The molecule has 0 saturated heterocycles. The van der Waals surface area contributed by atoms with Crippen LogP contribution in [-0.4, -0.2) is 28.9 Å². The number of benzene rings is 1. The van der Waals surface area contributed by atoms with Crippen LogP contribution in [0.4, 0.5) is 0 Å². The third-order valence-electron chi connectivity index (χ3n) is 6.49. The summed E-state index contributed by atoms with van der Waals surface area (Å²) in [6, 6.07) is 6.10. The van der Waals surface area contributed by atoms with Gasteiger partial charge in [0, 0.05) is 35.7 Å². The van der Waals surface area contributed by atoms with Gasteiger partial charge in [-0.15, -0.1) is 11.3 Å². The normalized spacial score (nSPS) is 20.6. The minimum atomic E-state index is -0.866. The molecule has 0 aliphatic heterocycles. The summed E-state index contributed by atoms with van der Waals surface area (Å²) in [5, 5.41) is 11.8. The minimum Gasteiger partial charge on any atom is -0.478 e. The van der Waals surface area contributed by atoms with Crippen molar-refractivity contribution in [3.8, 4) is 10.4 Å². The fraction of sp³-hybridized carbons (Fsp3) is 0.500. The summed E-state index contributed by atoms with van der Waals surface area (Å²) < 4.78 is 0. The zero-order chi connectivity index (χ0) is 21.6. The van der Waals surface area contributed by atoms with Crippen LogP contribution in [0.5, 0.6) is 0 Å². The van der Waals surface area contributed by atoms with E-state index >= 15 is 0 Å². The smallest absolute Gasteiger partial charge is 0.337 e. The molecule has 1 heterocycles. The van der Waals surface area contributed by atoms with Gasteiger partial charge in [-0.25, -0.2) is 9.80 Å². The van der Waals surface area contributed by atoms with Crippen molar-refractivity contribution in [2.24, 2.45) is 11.3 Å². The average molecular weight is 427 g/mol. The van der Waals surface area contributed by atoms with E-state index in [1.807, 2.05) is 12.1 Å². The van der Waals surface area contributed by atoms with Crippen LogP contribution in [-0.2, 0) is 24.2 Å². The van der Waals surface area contributed by atoms with E-state index in [9.17, 15) is 14.7 Å². The van der Waals surface area contributed by atoms with Crippen molar-refractivity contribution in [1.29, 1.82) is 0 Å². The molecule has 160 valence electrons. The molecule has 5 nitrogen and oxygen atoms in total. The van der Waals surface area contributed by atoms with Gasteiger partial charge < -0.3 is 5.11 Å². The lowest BCUT2D eigenvalue weighted by Crippen LogP contribution is -2.25. The van der Waals surface area contributed by atoms with Crippen LogP contribution in [0.25, 0.3) is 10.4 Å². The maximum Gasteiger partial charge on any atom is 0.337 e. The molecule has 1 aromatic heterocycles. The van der Waals surface area contributed by atoms with Crippen molar-refractivity contribution in [2.45, 2.75) is 64.8 Å². The molecular weight excluding hydrogens is 396 g/mol. The number of thiophene rings is 1. The Balaban J connectivity index is 1.89. The van der Waals surface area contributed by atoms with Gasteiger partial charge in [0.1, 0.15) is 5.78 Å². The van der Waals surface area contributed by atoms with E-state index in [2.05, 4.69) is 19.9 Å². The monoisotopic (exact) mass is 426 g/mol. The van der Waals surface area contributed by atoms with Gasteiger partial charge in [0.25, 0.3) is 0 Å². The summed E-state index contributed by atoms with van der Waals surface area (Å²) in [5.74, 6) is 5.30. The maximum absolute atomic E-state index is 12.4. The molecule has 4 rings (SSSR count). The van der Waals surface area contributed by atoms with E-state index in [0.29, 0.717) is 18.5 Å². The third kappa shape index (κ3) is 3.96. The summed E-state index contributed by atoms with van der Waals surface area (Å²) in [5.41, 5.74) is 4.45. The lowest BCUT2D eigenvalue weighted by molar-refractivity contribution is -0.118. The van der Waals surface area contributed by atoms with Gasteiger partial charge in [-0.2, -0.15) is 0 Å². The zero-order valence-corrected chi connectivity index (χ0v) is 18.8. The van der Waals surface area contributed by atoms with Crippen molar-refractivity contribution >= 4 is 23.1 Å². The molecule has 3 N–H and O–H groups in total. The highest BCUT2D eigenvalue weighted by Crippen LogP contribution is 2.46. The highest BCUT2D eigenvalue weighted by atomic mass is 32.1. The number of fused-ring (bicyclic) bond motifs is 1. The first-order valence-electron chi connectivity index (χ1n) is 10.7. The summed E-state index contributed by atoms with van der Waals surface area (Å²) in [4.78, 5) is 26.8. The van der Waals surface area contributed by atoms with E-state index < -0.39 is 5.97 Å². The van der Waals surface area contributed by atoms with Crippen LogP contribution in [0.2, 0.25) is 0 Å². The molecule has 0 amide bonds. The Labute approximate surface area is 181 Å². The number of aromatic carboxylic acids is 1. The number of hydrazine groups is 1. The van der Waals surface area contributed by atoms with Crippen LogP contribution in [0.1, 0.15) is 77.4 Å². The zero-order valence-electron chi connectivity index (χ0n) is 18.0. The van der Waals surface area contributed by atoms with Gasteiger partial charge in [-0.1, -0.05) is 26.0 Å². The number of hydrogen-bond acceptors (Lipinski definition) is 5. The Hall–Kier alpha value is -2.02. The standard InChI is InChI=1S/C24H30N2O3S/c1-24(2)10-9-20-18(12-24)21(23(28)29)22(30-20)17-11-14(16-5-4-6-19(16)27)7-8-15(17)13-26(3)25/h7-8,11,16H,4-6,9-10,12-13,25H2,1-3H3,(H,28,29). The fourth-order valence-corrected chi connectivity index (χ4v) is 6.29. The number of nitrogens with zero attached hydrogens (tertiary/aromatic N) is 1. The molecule has 30 heavy (non-hydrogen) atoms. The summed E-state index contributed by atoms with van der Waals surface area (Å²) in [6.45, 7) is 4.93. The van der Waals surface area contributed by atoms with Crippen LogP contribution in [0.3, 0.4) is 0 Å². The average Bonchev–Trinajstić information content (AvgIpc) is 3.24. The van der Waals surface area contributed by atoms with Crippen molar-refractivity contribution < 1.29 is 14.7 Å². The van der Waals surface area contributed by atoms with Crippen molar-refractivity contribution in [1.82, 2.24) is 5.01 Å². The van der Waals surface area contributed by atoms with Crippen molar-refractivity contribution in [2.75, 3.05) is 7.05 Å². The maximum atomic E-state index is 12.4. The molecule has 1 fully saturated rings. The first kappa shape index (κ1) is 21.2. The largest absolute Gasteiger partial charge is 0.478 e. The fourth-order valence-electron chi connectivity index (χ4n) is 4.93. The van der Waals surface area contributed by atoms with E-state index in [0.717, 1.165) is 59.2 Å². The second-order valence-corrected chi connectivity index (χ2v) is 10.7. The number of aryl methyl sites for hydroxylation is 1. The van der Waals surface area contributed by atoms with Crippen molar-refractivity contribution in [3.63, 3.8) is 0 Å². The number of Topliss-reactive ketones (excluding diaryl/α,β-unsaturated/α-hetero) is 1. The topological polar surface area (TPSA) is 83.6 Å². The molecule has 0 bridgehead atoms. The first-order chi connectivity index (χ1) is 14.2. The first-order valence-corrected chi connectivity index (χ1v) is 11.5. The second-order valence-electron chi connectivity index (χ2n) is 9.60. The predicted molar refractivity (Wildman–Crippen MR) is 120 cm³/mol. The molecule has 1 aromatic carbocycles. The Morgan fingerprint density at radius 2 is 2.10 bits per heavy atom. The molecule has 0 spiro atoms. The number of carboxylic acids is 1. The van der Waals surface area contributed by atoms with E-state index in [1.165, 1.54) is 4.88 Å². The SMILES string of the molecule is CN(N)Cc1ccc(C2CCCC2=O)cc1-c1sc2c(c1C(=O)O)CC(C)(C)CC2. The van der Waals surface area contributed by atoms with Gasteiger partial charge in [-0.05, 0) is 65.8 Å². The number of rotatable bonds is 5. The number of carbonyl (C=O) groups excluding carboxylic acids is 1. The highest BCUT2D eigenvalue weighted by molar-refractivity contribution is 7.16. The molecule has 1 saturated carbocycles. The predicted octanol–water partition coefficient (Wildman–Crippen LogP) is 4.77. The van der Waals surface area contributed by atoms with E-state index in [1.54, 1.807) is 23.4 Å². The Kier molecular flexibility index (Phi) is 5.60. The van der Waals surface area contributed by atoms with Crippen LogP contribution < -0.4 is 5.84 Å². The van der Waals surface area contributed by atoms with Crippen LogP contribution in [0.15, 0.2) is 18.2 Å². The quantitative estimate of drug-likeness (QED) is 0.531. The lowest BCUT2D eigenvalue weighted by atomic mass is 9.75. The molecular formula is C24H30N2O3S. The van der Waals surface area contributed by atoms with Gasteiger partial charge in [0.05, 0.1) is 5.56 Å². The number of ketones is 1. The minimum absolute atomic E-state index is 0.0739. The second kappa shape index (κ2) is 7.91. The van der Waals surface area contributed by atoms with Crippen molar-refractivity contribution in [3.05, 3.63) is 45.3 Å². The van der Waals surface area contributed by atoms with E-state index in [4.69, 9.17) is 5.84 Å². The number of carbonyl (C=O) groups is 2. The summed E-state index contributed by atoms with van der Waals surface area (Å²) in [7, 11) is 1.80. The van der Waals surface area contributed by atoms with Crippen LogP contribution in [0, 0.1) is 5.41 Å². The van der Waals surface area contributed by atoms with Crippen LogP contribution >= 0.6 is 11.3 Å². The molecule has 2 aliphatic rings. The molecule has 2 aromatic rings. The van der Waals surface area contributed by atoms with Gasteiger partial charge in [-0.3, -0.25) is 10.6 Å². The Morgan fingerprint density at radius 3 is 2.73 bits per heavy atom. The summed E-state index contributed by atoms with van der Waals surface area (Å²) >= 11 is 1.61. The number of hydrogen-bond donors (Lipinski definition) is 2. The van der Waals surface area contributed by atoms with Gasteiger partial charge in [0.2, 0.25) is 0 Å². The molecule has 1 atom stereocenters. The lowest BCUT2D eigenvalue weighted by Gasteiger charge is -2.29. The summed E-state index contributed by atoms with van der Waals surface area (Å²) in [6.07, 6.45) is 5.20. The third-order valence-corrected chi connectivity index (χ3v) is 7.82. The molecule has 1 unspecified atom stereocenters. The number of nitrogens with two attached hydrogens (primary N) is 1. The molecule has 6 heteroatoms. The highest BCUT2D eigenvalue weighted by Gasteiger charge is 2.34. The Bertz CT molecular complexity index is 1010.